The molecule has 0 heterocycles. The molecule has 0 aromatic heterocycles. The minimum Gasteiger partial charge on any atom is -0.373 e. The Morgan fingerprint density at radius 3 is 2.03 bits per heavy atom. The Balaban J connectivity index is 1.82. The van der Waals surface area contributed by atoms with Crippen LogP contribution in [0, 0.1) is 0 Å². The second-order valence-corrected chi connectivity index (χ2v) is 10.7. The molecule has 0 saturated carbocycles. The van der Waals surface area contributed by atoms with E-state index < -0.39 is 0 Å². The third-order valence-corrected chi connectivity index (χ3v) is 6.91. The van der Waals surface area contributed by atoms with Gasteiger partial charge in [-0.3, -0.25) is 0 Å². The first-order valence-corrected chi connectivity index (χ1v) is 11.3. The minimum absolute atomic E-state index is 0.250. The van der Waals surface area contributed by atoms with Crippen molar-refractivity contribution in [3.63, 3.8) is 0 Å². The number of fused-ring (bicyclic) bond motifs is 1. The van der Waals surface area contributed by atoms with Crippen molar-refractivity contribution in [3.8, 4) is 0 Å². The van der Waals surface area contributed by atoms with Crippen molar-refractivity contribution in [1.29, 1.82) is 0 Å². The molecule has 162 valence electrons. The molecule has 0 atom stereocenters. The van der Waals surface area contributed by atoms with Crippen molar-refractivity contribution in [3.05, 3.63) is 64.7 Å². The zero-order valence-electron chi connectivity index (χ0n) is 20.3. The van der Waals surface area contributed by atoms with Crippen LogP contribution in [0.1, 0.15) is 69.7 Å². The number of likely N-dealkylation sites (N-methyl/N-ethyl adjacent to an activating group) is 2. The Kier molecular flexibility index (Phi) is 6.48. The Hall–Kier alpha value is -2.06. The van der Waals surface area contributed by atoms with Gasteiger partial charge in [-0.2, -0.15) is 0 Å². The van der Waals surface area contributed by atoms with E-state index in [1.165, 1.54) is 46.4 Å². The van der Waals surface area contributed by atoms with Crippen molar-refractivity contribution in [2.24, 2.45) is 0 Å². The molecule has 0 aliphatic heterocycles. The molecule has 0 spiro atoms. The van der Waals surface area contributed by atoms with Crippen molar-refractivity contribution in [2.45, 2.75) is 58.3 Å². The number of allylic oxidation sites excluding steroid dienone is 1. The van der Waals surface area contributed by atoms with Crippen molar-refractivity contribution < 1.29 is 0 Å². The molecule has 2 heteroatoms. The molecule has 30 heavy (non-hydrogen) atoms. The van der Waals surface area contributed by atoms with E-state index in [1.54, 1.807) is 0 Å². The maximum absolute atomic E-state index is 2.45. The summed E-state index contributed by atoms with van der Waals surface area (Å²) in [7, 11) is 6.40. The molecule has 0 radical (unpaired) electrons. The first kappa shape index (κ1) is 22.6. The fourth-order valence-electron chi connectivity index (χ4n) is 4.47. The van der Waals surface area contributed by atoms with Gasteiger partial charge in [0.2, 0.25) is 0 Å². The van der Waals surface area contributed by atoms with Gasteiger partial charge in [0, 0.05) is 25.8 Å². The van der Waals surface area contributed by atoms with E-state index in [0.29, 0.717) is 0 Å². The highest BCUT2D eigenvalue weighted by atomic mass is 15.1. The van der Waals surface area contributed by atoms with Crippen molar-refractivity contribution in [2.75, 3.05) is 39.1 Å². The second-order valence-electron chi connectivity index (χ2n) is 10.7. The summed E-state index contributed by atoms with van der Waals surface area (Å²) in [6.07, 6.45) is 4.82. The number of hydrogen-bond donors (Lipinski definition) is 0. The molecule has 0 saturated heterocycles. The van der Waals surface area contributed by atoms with Crippen LogP contribution < -0.4 is 4.90 Å². The highest BCUT2D eigenvalue weighted by Gasteiger charge is 2.36. The number of rotatable bonds is 6. The quantitative estimate of drug-likeness (QED) is 0.501. The van der Waals surface area contributed by atoms with Gasteiger partial charge >= 0.3 is 0 Å². The fourth-order valence-corrected chi connectivity index (χ4v) is 4.47. The van der Waals surface area contributed by atoms with E-state index in [2.05, 4.69) is 114 Å². The lowest BCUT2D eigenvalue weighted by Crippen LogP contribution is -2.33. The number of nitrogens with zero attached hydrogens (tertiary/aromatic N) is 2. The molecule has 2 aromatic rings. The summed E-state index contributed by atoms with van der Waals surface area (Å²) >= 11 is 0. The summed E-state index contributed by atoms with van der Waals surface area (Å²) in [5, 5.41) is 0. The van der Waals surface area contributed by atoms with Gasteiger partial charge in [-0.25, -0.2) is 0 Å². The normalized spacial score (nSPS) is 17.7. The SMILES string of the molecule is CC(=Cc1ccc(N(C)CCN(C)C)cc1)c1ccc2c(c1)C(C)(C)CCC2(C)C. The van der Waals surface area contributed by atoms with E-state index in [1.807, 2.05) is 0 Å². The Bertz CT molecular complexity index is 901. The third-order valence-electron chi connectivity index (χ3n) is 6.91. The molecule has 1 aliphatic rings. The summed E-state index contributed by atoms with van der Waals surface area (Å²) < 4.78 is 0. The molecule has 1 aliphatic carbocycles. The lowest BCUT2D eigenvalue weighted by Gasteiger charge is -2.42. The molecule has 0 amide bonds. The van der Waals surface area contributed by atoms with Gasteiger partial charge in [0.1, 0.15) is 0 Å². The van der Waals surface area contributed by atoms with Crippen LogP contribution in [0.2, 0.25) is 0 Å². The average molecular weight is 405 g/mol. The van der Waals surface area contributed by atoms with Crippen LogP contribution in [0.4, 0.5) is 5.69 Å². The molecule has 2 aromatic carbocycles. The average Bonchev–Trinajstić information content (AvgIpc) is 2.70. The summed E-state index contributed by atoms with van der Waals surface area (Å²) in [4.78, 5) is 4.53. The van der Waals surface area contributed by atoms with E-state index in [0.717, 1.165) is 13.1 Å². The smallest absolute Gasteiger partial charge is 0.0364 e. The van der Waals surface area contributed by atoms with Crippen molar-refractivity contribution in [1.82, 2.24) is 4.90 Å². The van der Waals surface area contributed by atoms with Gasteiger partial charge in [-0.15, -0.1) is 0 Å². The molecule has 0 bridgehead atoms. The largest absolute Gasteiger partial charge is 0.373 e. The molecule has 0 N–H and O–H groups in total. The zero-order valence-corrected chi connectivity index (χ0v) is 20.3. The molecule has 2 nitrogen and oxygen atoms in total. The highest BCUT2D eigenvalue weighted by molar-refractivity contribution is 5.81. The third kappa shape index (κ3) is 4.98. The molecule has 0 unspecified atom stereocenters. The zero-order chi connectivity index (χ0) is 22.1. The van der Waals surface area contributed by atoms with Crippen LogP contribution in [0.3, 0.4) is 0 Å². The van der Waals surface area contributed by atoms with Crippen LogP contribution >= 0.6 is 0 Å². The van der Waals surface area contributed by atoms with E-state index >= 15 is 0 Å². The summed E-state index contributed by atoms with van der Waals surface area (Å²) in [6.45, 7) is 13.9. The Labute approximate surface area is 184 Å². The van der Waals surface area contributed by atoms with Crippen LogP contribution in [-0.4, -0.2) is 39.1 Å². The van der Waals surface area contributed by atoms with E-state index in [-0.39, 0.29) is 10.8 Å². The Morgan fingerprint density at radius 2 is 1.43 bits per heavy atom. The number of benzene rings is 2. The number of hydrogen-bond acceptors (Lipinski definition) is 2. The maximum atomic E-state index is 2.45. The van der Waals surface area contributed by atoms with Gasteiger partial charge < -0.3 is 9.80 Å². The molecular formula is C28H40N2. The first-order chi connectivity index (χ1) is 14.0. The van der Waals surface area contributed by atoms with Crippen LogP contribution in [0.25, 0.3) is 11.6 Å². The van der Waals surface area contributed by atoms with Crippen LogP contribution in [0.15, 0.2) is 42.5 Å². The monoisotopic (exact) mass is 404 g/mol. The summed E-state index contributed by atoms with van der Waals surface area (Å²) in [5.74, 6) is 0. The summed E-state index contributed by atoms with van der Waals surface area (Å²) in [5.41, 5.74) is 8.77. The topological polar surface area (TPSA) is 6.48 Å². The standard InChI is InChI=1S/C28H40N2/c1-21(19-22-9-12-24(13-10-22)30(8)18-17-29(6)7)23-11-14-25-26(20-23)28(4,5)16-15-27(25,2)3/h9-14,19-20H,15-18H2,1-8H3. The van der Waals surface area contributed by atoms with E-state index in [4.69, 9.17) is 0 Å². The molecular weight excluding hydrogens is 364 g/mol. The summed E-state index contributed by atoms with van der Waals surface area (Å²) in [6, 6.07) is 16.1. The van der Waals surface area contributed by atoms with Gasteiger partial charge in [-0.05, 0) is 84.7 Å². The van der Waals surface area contributed by atoms with Gasteiger partial charge in [-0.1, -0.05) is 64.1 Å². The highest BCUT2D eigenvalue weighted by Crippen LogP contribution is 2.46. The molecule has 3 rings (SSSR count). The first-order valence-electron chi connectivity index (χ1n) is 11.3. The van der Waals surface area contributed by atoms with Crippen LogP contribution in [0.5, 0.6) is 0 Å². The fraction of sp³-hybridized carbons (Fsp3) is 0.500. The van der Waals surface area contributed by atoms with E-state index in [9.17, 15) is 0 Å². The van der Waals surface area contributed by atoms with Gasteiger partial charge in [0.05, 0.1) is 0 Å². The second kappa shape index (κ2) is 8.59. The lowest BCUT2D eigenvalue weighted by molar-refractivity contribution is 0.332. The lowest BCUT2D eigenvalue weighted by atomic mass is 9.63. The Morgan fingerprint density at radius 1 is 0.833 bits per heavy atom. The van der Waals surface area contributed by atoms with Gasteiger partial charge in [0.25, 0.3) is 0 Å². The van der Waals surface area contributed by atoms with Gasteiger partial charge in [0.15, 0.2) is 0 Å². The van der Waals surface area contributed by atoms with Crippen LogP contribution in [-0.2, 0) is 10.8 Å². The minimum atomic E-state index is 0.250. The van der Waals surface area contributed by atoms with Crippen molar-refractivity contribution >= 4 is 17.3 Å². The predicted octanol–water partition coefficient (Wildman–Crippen LogP) is 6.59. The predicted molar refractivity (Wildman–Crippen MR) is 134 cm³/mol. The molecule has 0 fully saturated rings. The number of anilines is 1. The maximum Gasteiger partial charge on any atom is 0.0364 e.